The van der Waals surface area contributed by atoms with Gasteiger partial charge >= 0.3 is 11.9 Å². The van der Waals surface area contributed by atoms with E-state index in [0.717, 1.165) is 42.4 Å². The summed E-state index contributed by atoms with van der Waals surface area (Å²) in [7, 11) is 3.12. The summed E-state index contributed by atoms with van der Waals surface area (Å²) in [4.78, 5) is 24.2. The molecule has 0 radical (unpaired) electrons. The lowest BCUT2D eigenvalue weighted by Crippen LogP contribution is -2.28. The zero-order valence-corrected chi connectivity index (χ0v) is 17.6. The van der Waals surface area contributed by atoms with Gasteiger partial charge in [-0.1, -0.05) is 12.1 Å². The molecule has 2 aliphatic carbocycles. The normalized spacial score (nSPS) is 18.1. The number of cyclic esters (lactones) is 1. The minimum atomic E-state index is -0.581. The Morgan fingerprint density at radius 3 is 2.48 bits per heavy atom. The van der Waals surface area contributed by atoms with Crippen LogP contribution in [0.4, 0.5) is 0 Å². The van der Waals surface area contributed by atoms with Crippen molar-refractivity contribution in [1.82, 2.24) is 0 Å². The minimum absolute atomic E-state index is 0.0452. The summed E-state index contributed by atoms with van der Waals surface area (Å²) >= 11 is 0. The quantitative estimate of drug-likeness (QED) is 0.595. The molecule has 0 aromatic heterocycles. The average molecular weight is 424 g/mol. The highest BCUT2D eigenvalue weighted by Gasteiger charge is 2.50. The first-order chi connectivity index (χ1) is 15.0. The largest absolute Gasteiger partial charge is 0.493 e. The van der Waals surface area contributed by atoms with Crippen LogP contribution in [0.5, 0.6) is 17.2 Å². The first-order valence-electron chi connectivity index (χ1n) is 10.5. The Hall–Kier alpha value is -3.22. The van der Waals surface area contributed by atoms with Crippen molar-refractivity contribution < 1.29 is 33.3 Å². The second-order valence-electron chi connectivity index (χ2n) is 8.25. The molecule has 7 heteroatoms. The van der Waals surface area contributed by atoms with Gasteiger partial charge in [0.05, 0.1) is 25.7 Å². The van der Waals surface area contributed by atoms with Gasteiger partial charge in [0.2, 0.25) is 5.75 Å². The lowest BCUT2D eigenvalue weighted by Gasteiger charge is -2.22. The molecule has 0 unspecified atom stereocenters. The zero-order valence-electron chi connectivity index (χ0n) is 17.6. The van der Waals surface area contributed by atoms with E-state index < -0.39 is 5.60 Å². The predicted octanol–water partition coefficient (Wildman–Crippen LogP) is 3.91. The topological polar surface area (TPSA) is 80.3 Å². The van der Waals surface area contributed by atoms with Crippen LogP contribution in [0.1, 0.15) is 41.6 Å². The van der Waals surface area contributed by atoms with Crippen molar-refractivity contribution in [2.24, 2.45) is 5.92 Å². The van der Waals surface area contributed by atoms with Crippen LogP contribution < -0.4 is 14.2 Å². The fraction of sp³-hybridized carbons (Fsp3) is 0.417. The van der Waals surface area contributed by atoms with Crippen molar-refractivity contribution in [3.63, 3.8) is 0 Å². The number of carbonyl (C=O) groups is 2. The summed E-state index contributed by atoms with van der Waals surface area (Å²) in [5.41, 5.74) is 2.38. The third-order valence-electron chi connectivity index (χ3n) is 6.05. The van der Waals surface area contributed by atoms with Gasteiger partial charge < -0.3 is 23.7 Å². The Balaban J connectivity index is 1.50. The van der Waals surface area contributed by atoms with E-state index in [0.29, 0.717) is 22.8 Å². The van der Waals surface area contributed by atoms with Gasteiger partial charge in [0.15, 0.2) is 11.5 Å². The van der Waals surface area contributed by atoms with E-state index in [4.69, 9.17) is 23.7 Å². The summed E-state index contributed by atoms with van der Waals surface area (Å²) in [5.74, 6) is 1.06. The maximum absolute atomic E-state index is 12.2. The summed E-state index contributed by atoms with van der Waals surface area (Å²) < 4.78 is 28.3. The van der Waals surface area contributed by atoms with Crippen LogP contribution in [0, 0.1) is 5.92 Å². The lowest BCUT2D eigenvalue weighted by molar-refractivity contribution is -0.154. The number of carbonyl (C=O) groups excluding carboxylic acids is 2. The van der Waals surface area contributed by atoms with Gasteiger partial charge in [-0.15, -0.1) is 0 Å². The van der Waals surface area contributed by atoms with E-state index in [9.17, 15) is 9.59 Å². The molecule has 0 saturated heterocycles. The minimum Gasteiger partial charge on any atom is -0.493 e. The number of esters is 2. The second kappa shape index (κ2) is 7.48. The highest BCUT2D eigenvalue weighted by Crippen LogP contribution is 2.49. The molecule has 5 rings (SSSR count). The second-order valence-corrected chi connectivity index (χ2v) is 8.25. The van der Waals surface area contributed by atoms with E-state index in [1.54, 1.807) is 26.4 Å². The summed E-state index contributed by atoms with van der Waals surface area (Å²) in [5, 5.41) is 0. The van der Waals surface area contributed by atoms with Crippen LogP contribution in [-0.4, -0.2) is 38.4 Å². The molecular weight excluding hydrogens is 400 g/mol. The van der Waals surface area contributed by atoms with Crippen molar-refractivity contribution in [1.29, 1.82) is 0 Å². The molecule has 3 aliphatic rings. The van der Waals surface area contributed by atoms with Crippen molar-refractivity contribution in [3.05, 3.63) is 41.5 Å². The fourth-order valence-corrected chi connectivity index (χ4v) is 3.89. The zero-order chi connectivity index (χ0) is 21.6. The Bertz CT molecular complexity index is 1050. The molecule has 0 amide bonds. The van der Waals surface area contributed by atoms with Crippen molar-refractivity contribution in [2.45, 2.75) is 37.9 Å². The number of methoxy groups -OCH3 is 2. The highest BCUT2D eigenvalue weighted by atomic mass is 16.6. The molecule has 0 spiro atoms. The van der Waals surface area contributed by atoms with Gasteiger partial charge in [0.25, 0.3) is 0 Å². The van der Waals surface area contributed by atoms with Crippen molar-refractivity contribution in [2.75, 3.05) is 20.8 Å². The SMILES string of the molecule is COc1ccc(-c2cccc3c2COC3=O)c(OCC2(OC(=O)C3CC3)CC2)c1OC. The van der Waals surface area contributed by atoms with Crippen LogP contribution in [0.25, 0.3) is 11.1 Å². The van der Waals surface area contributed by atoms with Crippen LogP contribution in [0.3, 0.4) is 0 Å². The first kappa shape index (κ1) is 19.7. The highest BCUT2D eigenvalue weighted by molar-refractivity contribution is 5.96. The molecule has 1 aliphatic heterocycles. The molecule has 0 bridgehead atoms. The average Bonchev–Trinajstić information content (AvgIpc) is 3.71. The number of ether oxygens (including phenoxy) is 5. The van der Waals surface area contributed by atoms with E-state index in [1.807, 2.05) is 18.2 Å². The molecule has 0 atom stereocenters. The monoisotopic (exact) mass is 424 g/mol. The van der Waals surface area contributed by atoms with E-state index >= 15 is 0 Å². The maximum Gasteiger partial charge on any atom is 0.338 e. The lowest BCUT2D eigenvalue weighted by atomic mass is 9.95. The Morgan fingerprint density at radius 2 is 1.81 bits per heavy atom. The first-order valence-corrected chi connectivity index (χ1v) is 10.5. The molecule has 2 aromatic carbocycles. The molecule has 7 nitrogen and oxygen atoms in total. The predicted molar refractivity (Wildman–Crippen MR) is 110 cm³/mol. The van der Waals surface area contributed by atoms with Gasteiger partial charge in [-0.05, 0) is 49.4 Å². The molecule has 2 saturated carbocycles. The molecule has 0 N–H and O–H groups in total. The molecule has 2 aromatic rings. The molecule has 31 heavy (non-hydrogen) atoms. The number of rotatable bonds is 8. The number of benzene rings is 2. The van der Waals surface area contributed by atoms with Gasteiger partial charge in [0, 0.05) is 11.1 Å². The van der Waals surface area contributed by atoms with Crippen molar-refractivity contribution in [3.8, 4) is 28.4 Å². The summed E-state index contributed by atoms with van der Waals surface area (Å²) in [6.07, 6.45) is 3.36. The van der Waals surface area contributed by atoms with Gasteiger partial charge in [-0.25, -0.2) is 4.79 Å². The van der Waals surface area contributed by atoms with Gasteiger partial charge in [-0.3, -0.25) is 4.79 Å². The standard InChI is InChI=1S/C24H24O7/c1-27-19-9-8-16(15-4-3-5-17-18(15)12-29-23(17)26)20(21(19)28-2)30-13-24(10-11-24)31-22(25)14-6-7-14/h3-5,8-9,14H,6-7,10-13H2,1-2H3. The van der Waals surface area contributed by atoms with Gasteiger partial charge in [0.1, 0.15) is 18.8 Å². The molecule has 162 valence electrons. The summed E-state index contributed by atoms with van der Waals surface area (Å²) in [6, 6.07) is 9.19. The van der Waals surface area contributed by atoms with E-state index in [1.165, 1.54) is 0 Å². The van der Waals surface area contributed by atoms with Crippen LogP contribution in [-0.2, 0) is 20.9 Å². The van der Waals surface area contributed by atoms with Crippen LogP contribution in [0.2, 0.25) is 0 Å². The van der Waals surface area contributed by atoms with Crippen LogP contribution >= 0.6 is 0 Å². The van der Waals surface area contributed by atoms with Gasteiger partial charge in [-0.2, -0.15) is 0 Å². The number of hydrogen-bond acceptors (Lipinski definition) is 7. The number of fused-ring (bicyclic) bond motifs is 1. The Morgan fingerprint density at radius 1 is 1.03 bits per heavy atom. The Labute approximate surface area is 180 Å². The third kappa shape index (κ3) is 3.58. The molecular formula is C24H24O7. The molecule has 1 heterocycles. The smallest absolute Gasteiger partial charge is 0.338 e. The fourth-order valence-electron chi connectivity index (χ4n) is 3.89. The number of hydrogen-bond donors (Lipinski definition) is 0. The summed E-state index contributed by atoms with van der Waals surface area (Å²) in [6.45, 7) is 0.438. The van der Waals surface area contributed by atoms with E-state index in [2.05, 4.69) is 0 Å². The maximum atomic E-state index is 12.2. The van der Waals surface area contributed by atoms with Crippen molar-refractivity contribution >= 4 is 11.9 Å². The third-order valence-corrected chi connectivity index (χ3v) is 6.05. The molecule has 2 fully saturated rings. The van der Waals surface area contributed by atoms with E-state index in [-0.39, 0.29) is 31.1 Å². The Kier molecular flexibility index (Phi) is 4.76. The van der Waals surface area contributed by atoms with Crippen LogP contribution in [0.15, 0.2) is 30.3 Å².